The van der Waals surface area contributed by atoms with Gasteiger partial charge in [0.15, 0.2) is 0 Å². The van der Waals surface area contributed by atoms with E-state index < -0.39 is 22.0 Å². The lowest BCUT2D eigenvalue weighted by atomic mass is 10.1. The van der Waals surface area contributed by atoms with Crippen LogP contribution in [-0.2, 0) is 14.8 Å². The molecular weight excluding hydrogens is 268 g/mol. The molecule has 0 bridgehead atoms. The molecule has 1 aliphatic heterocycles. The fourth-order valence-electron chi connectivity index (χ4n) is 1.84. The van der Waals surface area contributed by atoms with Crippen LogP contribution in [0.25, 0.3) is 0 Å². The van der Waals surface area contributed by atoms with Gasteiger partial charge in [0.1, 0.15) is 5.84 Å². The van der Waals surface area contributed by atoms with Crippen LogP contribution in [0.3, 0.4) is 0 Å². The zero-order valence-electron chi connectivity index (χ0n) is 10.5. The second kappa shape index (κ2) is 4.65. The van der Waals surface area contributed by atoms with E-state index in [1.807, 2.05) is 0 Å². The van der Waals surface area contributed by atoms with Crippen molar-refractivity contribution in [3.05, 3.63) is 29.8 Å². The van der Waals surface area contributed by atoms with Crippen molar-refractivity contribution in [2.75, 3.05) is 0 Å². The highest BCUT2D eigenvalue weighted by molar-refractivity contribution is 7.90. The van der Waals surface area contributed by atoms with Crippen molar-refractivity contribution in [2.45, 2.75) is 24.8 Å². The third-order valence-corrected chi connectivity index (χ3v) is 4.20. The summed E-state index contributed by atoms with van der Waals surface area (Å²) in [7, 11) is -3.65. The molecule has 2 rings (SSSR count). The Balaban J connectivity index is 2.52. The number of hydrogen-bond acceptors (Lipinski definition) is 5. The first-order valence-corrected chi connectivity index (χ1v) is 7.22. The number of carboxylic acids is 1. The summed E-state index contributed by atoms with van der Waals surface area (Å²) in [5, 5.41) is 11.0. The maximum atomic E-state index is 11.8. The number of hydrogen-bond donors (Lipinski definition) is 1. The third-order valence-electron chi connectivity index (χ3n) is 2.80. The van der Waals surface area contributed by atoms with Gasteiger partial charge in [-0.05, 0) is 18.1 Å². The van der Waals surface area contributed by atoms with E-state index in [9.17, 15) is 18.3 Å². The van der Waals surface area contributed by atoms with Crippen LogP contribution in [0.2, 0.25) is 0 Å². The van der Waals surface area contributed by atoms with E-state index in [4.69, 9.17) is 0 Å². The Morgan fingerprint density at radius 1 is 1.32 bits per heavy atom. The summed E-state index contributed by atoms with van der Waals surface area (Å²) in [5.74, 6) is -1.57. The normalized spacial score (nSPS) is 20.1. The van der Waals surface area contributed by atoms with Crippen LogP contribution in [0, 0.1) is 5.92 Å². The molecule has 1 aromatic carbocycles. The second-order valence-corrected chi connectivity index (χ2v) is 6.24. The number of aliphatic carboxylic acids is 1. The molecule has 0 amide bonds. The standard InChI is InChI=1S/C12H14N2O4S/c1-7(2)10(12(15)16)13-11-8-5-3-4-6-9(8)19(17,18)14-11/h3-7,10H,1-2H3,(H,13,14)(H,15,16)/p-1/t10-/m1/s1. The van der Waals surface area contributed by atoms with Crippen molar-refractivity contribution < 1.29 is 18.3 Å². The van der Waals surface area contributed by atoms with Crippen molar-refractivity contribution in [2.24, 2.45) is 10.9 Å². The second-order valence-electron chi connectivity index (χ2n) is 4.59. The summed E-state index contributed by atoms with van der Waals surface area (Å²) in [6, 6.07) is 5.20. The fraction of sp³-hybridized carbons (Fsp3) is 0.333. The maximum Gasteiger partial charge on any atom is 0.263 e. The molecule has 1 aromatic rings. The van der Waals surface area contributed by atoms with Crippen LogP contribution in [0.5, 0.6) is 0 Å². The molecular formula is C12H13N2O4S-. The molecule has 0 aliphatic carbocycles. The van der Waals surface area contributed by atoms with Gasteiger partial charge in [0.05, 0.1) is 16.9 Å². The molecule has 0 spiro atoms. The van der Waals surface area contributed by atoms with Gasteiger partial charge in [-0.1, -0.05) is 26.0 Å². The highest BCUT2D eigenvalue weighted by atomic mass is 32.2. The molecule has 0 unspecified atom stereocenters. The SMILES string of the molecule is CC(C)[C@@H](N=C1NS(=O)(=O)c2ccccc21)C(=O)[O-]. The van der Waals surface area contributed by atoms with Crippen LogP contribution in [0.15, 0.2) is 34.2 Å². The van der Waals surface area contributed by atoms with Crippen LogP contribution in [0.1, 0.15) is 19.4 Å². The van der Waals surface area contributed by atoms with E-state index in [2.05, 4.69) is 9.71 Å². The average Bonchev–Trinajstić information content (AvgIpc) is 2.58. The van der Waals surface area contributed by atoms with Crippen molar-refractivity contribution in [1.82, 2.24) is 4.72 Å². The Hall–Kier alpha value is -1.89. The van der Waals surface area contributed by atoms with Gasteiger partial charge >= 0.3 is 0 Å². The van der Waals surface area contributed by atoms with Gasteiger partial charge in [-0.25, -0.2) is 8.42 Å². The third kappa shape index (κ3) is 2.46. The quantitative estimate of drug-likeness (QED) is 0.807. The zero-order valence-corrected chi connectivity index (χ0v) is 11.3. The predicted octanol–water partition coefficient (Wildman–Crippen LogP) is -0.500. The minimum absolute atomic E-state index is 0.0542. The maximum absolute atomic E-state index is 11.8. The number of amidine groups is 1. The number of carbonyl (C=O) groups is 1. The number of nitrogens with one attached hydrogen (secondary N) is 1. The van der Waals surface area contributed by atoms with Crippen LogP contribution in [-0.4, -0.2) is 26.3 Å². The van der Waals surface area contributed by atoms with Gasteiger partial charge < -0.3 is 9.90 Å². The van der Waals surface area contributed by atoms with E-state index >= 15 is 0 Å². The largest absolute Gasteiger partial charge is 0.548 e. The average molecular weight is 281 g/mol. The van der Waals surface area contributed by atoms with Gasteiger partial charge in [-0.2, -0.15) is 0 Å². The summed E-state index contributed by atoms with van der Waals surface area (Å²) in [5.41, 5.74) is 0.384. The molecule has 0 radical (unpaired) electrons. The molecule has 1 atom stereocenters. The molecule has 102 valence electrons. The van der Waals surface area contributed by atoms with Gasteiger partial charge in [0.25, 0.3) is 10.0 Å². The molecule has 0 saturated carbocycles. The number of benzene rings is 1. The molecule has 0 saturated heterocycles. The zero-order chi connectivity index (χ0) is 14.2. The number of sulfonamides is 1. The van der Waals surface area contributed by atoms with Crippen molar-refractivity contribution in [3.63, 3.8) is 0 Å². The van der Waals surface area contributed by atoms with Crippen molar-refractivity contribution in [1.29, 1.82) is 0 Å². The van der Waals surface area contributed by atoms with E-state index in [1.54, 1.807) is 32.0 Å². The Labute approximate surface area is 111 Å². The van der Waals surface area contributed by atoms with E-state index in [1.165, 1.54) is 6.07 Å². The predicted molar refractivity (Wildman–Crippen MR) is 66.9 cm³/mol. The Kier molecular flexibility index (Phi) is 3.32. The van der Waals surface area contributed by atoms with Gasteiger partial charge in [0.2, 0.25) is 0 Å². The van der Waals surface area contributed by atoms with Crippen LogP contribution >= 0.6 is 0 Å². The van der Waals surface area contributed by atoms with E-state index in [0.29, 0.717) is 5.56 Å². The first-order valence-electron chi connectivity index (χ1n) is 5.74. The molecule has 19 heavy (non-hydrogen) atoms. The van der Waals surface area contributed by atoms with Gasteiger partial charge in [-0.3, -0.25) is 9.71 Å². The van der Waals surface area contributed by atoms with E-state index in [0.717, 1.165) is 0 Å². The smallest absolute Gasteiger partial charge is 0.263 e. The molecule has 1 N–H and O–H groups in total. The van der Waals surface area contributed by atoms with Gasteiger partial charge in [-0.15, -0.1) is 0 Å². The molecule has 7 heteroatoms. The fourth-order valence-corrected chi connectivity index (χ4v) is 3.08. The topological polar surface area (TPSA) is 98.7 Å². The Bertz CT molecular complexity index is 649. The van der Waals surface area contributed by atoms with Crippen molar-refractivity contribution >= 4 is 21.8 Å². The monoisotopic (exact) mass is 281 g/mol. The Morgan fingerprint density at radius 2 is 1.95 bits per heavy atom. The highest BCUT2D eigenvalue weighted by Gasteiger charge is 2.31. The Morgan fingerprint density at radius 3 is 2.53 bits per heavy atom. The molecule has 6 nitrogen and oxygen atoms in total. The molecule has 1 aliphatic rings. The number of aliphatic imine (C=N–C) groups is 1. The lowest BCUT2D eigenvalue weighted by Crippen LogP contribution is -2.39. The minimum atomic E-state index is -3.65. The van der Waals surface area contributed by atoms with E-state index in [-0.39, 0.29) is 16.6 Å². The van der Waals surface area contributed by atoms with Crippen molar-refractivity contribution in [3.8, 4) is 0 Å². The number of fused-ring (bicyclic) bond motifs is 1. The lowest BCUT2D eigenvalue weighted by Gasteiger charge is -2.18. The summed E-state index contributed by atoms with van der Waals surface area (Å²) >= 11 is 0. The summed E-state index contributed by atoms with van der Waals surface area (Å²) in [6.45, 7) is 3.36. The molecule has 0 fully saturated rings. The van der Waals surface area contributed by atoms with Gasteiger partial charge in [0, 0.05) is 5.56 Å². The number of carboxylic acid groups (broad SMARTS) is 1. The summed E-state index contributed by atoms with van der Waals surface area (Å²) in [6.07, 6.45) is 0. The molecule has 0 aromatic heterocycles. The highest BCUT2D eigenvalue weighted by Crippen LogP contribution is 2.23. The lowest BCUT2D eigenvalue weighted by molar-refractivity contribution is -0.308. The number of carbonyl (C=O) groups excluding carboxylic acids is 1. The first-order chi connectivity index (χ1) is 8.83. The number of nitrogens with zero attached hydrogens (tertiary/aromatic N) is 1. The van der Waals surface area contributed by atoms with Crippen LogP contribution in [0.4, 0.5) is 0 Å². The van der Waals surface area contributed by atoms with Crippen LogP contribution < -0.4 is 9.83 Å². The molecule has 1 heterocycles. The summed E-state index contributed by atoms with van der Waals surface area (Å²) < 4.78 is 25.9. The summed E-state index contributed by atoms with van der Waals surface area (Å²) in [4.78, 5) is 15.1. The number of rotatable bonds is 3. The minimum Gasteiger partial charge on any atom is -0.548 e. The first kappa shape index (κ1) is 13.5.